The quantitative estimate of drug-likeness (QED) is 0.289. The molecule has 0 amide bonds. The molecule has 0 aliphatic heterocycles. The minimum atomic E-state index is 0.595. The van der Waals surface area contributed by atoms with Gasteiger partial charge in [-0.1, -0.05) is 74.0 Å². The zero-order valence-corrected chi connectivity index (χ0v) is 26.0. The molecule has 40 heavy (non-hydrogen) atoms. The molecule has 0 bridgehead atoms. The van der Waals surface area contributed by atoms with E-state index in [0.29, 0.717) is 48.7 Å². The topological polar surface area (TPSA) is 0 Å². The SMILES string of the molecule is CC1C2CC3=CC4C5C6C7C8C9C%10CC%11CC%12(C)C%11%10C9%10C%12(C)C9(C)C%11(C)C%12(C)C%13(C)C%14(C)C1(C)C32C4%14C5%13C6%12C7%11C89%10. The van der Waals surface area contributed by atoms with Gasteiger partial charge in [0.1, 0.15) is 0 Å². The van der Waals surface area contributed by atoms with Crippen LogP contribution in [0.1, 0.15) is 81.6 Å². The predicted molar refractivity (Wildman–Crippen MR) is 147 cm³/mol. The van der Waals surface area contributed by atoms with Crippen LogP contribution >= 0.6 is 0 Å². The van der Waals surface area contributed by atoms with Gasteiger partial charge in [0.15, 0.2) is 0 Å². The molecule has 17 saturated carbocycles. The van der Waals surface area contributed by atoms with Crippen molar-refractivity contribution in [2.24, 2.45) is 146 Å². The van der Waals surface area contributed by atoms with E-state index in [2.05, 4.69) is 74.0 Å². The third-order valence-corrected chi connectivity index (χ3v) is 29.2. The molecule has 204 valence electrons. The summed E-state index contributed by atoms with van der Waals surface area (Å²) in [6.07, 6.45) is 7.88. The molecule has 18 aliphatic rings. The third kappa shape index (κ3) is 0.534. The van der Waals surface area contributed by atoms with Gasteiger partial charge in [-0.3, -0.25) is 0 Å². The van der Waals surface area contributed by atoms with Gasteiger partial charge in [-0.05, 0) is 154 Å². The number of hydrogen-bond acceptors (Lipinski definition) is 0. The van der Waals surface area contributed by atoms with Crippen LogP contribution < -0.4 is 0 Å². The Balaban J connectivity index is 0.997. The summed E-state index contributed by atoms with van der Waals surface area (Å²) in [6, 6.07) is 0. The van der Waals surface area contributed by atoms with E-state index < -0.39 is 0 Å². The van der Waals surface area contributed by atoms with Crippen LogP contribution in [0.15, 0.2) is 11.6 Å². The van der Waals surface area contributed by atoms with Gasteiger partial charge in [0.2, 0.25) is 0 Å². The van der Waals surface area contributed by atoms with E-state index in [1.165, 1.54) is 41.9 Å². The van der Waals surface area contributed by atoms with E-state index in [4.69, 9.17) is 0 Å². The van der Waals surface area contributed by atoms with Crippen molar-refractivity contribution in [2.45, 2.75) is 81.6 Å². The average molecular weight is 525 g/mol. The molecular weight excluding hydrogens is 480 g/mol. The van der Waals surface area contributed by atoms with Crippen LogP contribution in [0.25, 0.3) is 0 Å². The first-order valence-electron chi connectivity index (χ1n) is 18.5. The number of allylic oxidation sites excluding steroid dienone is 2. The summed E-state index contributed by atoms with van der Waals surface area (Å²) in [4.78, 5) is 0. The summed E-state index contributed by atoms with van der Waals surface area (Å²) >= 11 is 0. The fourth-order valence-electron chi connectivity index (χ4n) is 32.4. The normalized spacial score (nSPS) is 108. The Labute approximate surface area is 238 Å². The van der Waals surface area contributed by atoms with Crippen LogP contribution in [0.2, 0.25) is 0 Å². The van der Waals surface area contributed by atoms with Gasteiger partial charge in [-0.2, -0.15) is 0 Å². The number of rotatable bonds is 0. The molecule has 0 heterocycles. The first kappa shape index (κ1) is 18.5. The maximum absolute atomic E-state index is 3.06. The molecule has 0 aromatic carbocycles. The standard InChI is InChI=1S/C40H44/c1-14-17-10-15-11-19-21-23-24-22-20-18-12-16-13-25(2)27(4)29(6)31(8)32(9)30(7)28(5)26(14,3)34(15,17)35(19,28)37(21,30)39(23,32)40(24,31)38(22,29)36(20,27)33(16,18)25/h11,14,16-24H,10,12-13H2,1-9H3. The monoisotopic (exact) mass is 524 g/mol. The average Bonchev–Trinajstić information content (AvgIpc) is 3.11. The summed E-state index contributed by atoms with van der Waals surface area (Å²) in [5.74, 6) is 11.4. The van der Waals surface area contributed by atoms with Crippen molar-refractivity contribution in [3.05, 3.63) is 11.6 Å². The maximum Gasteiger partial charge on any atom is 0.00817 e. The second kappa shape index (κ2) is 3.13. The highest BCUT2D eigenvalue weighted by molar-refractivity contribution is 5.88. The van der Waals surface area contributed by atoms with Crippen molar-refractivity contribution < 1.29 is 0 Å². The second-order valence-electron chi connectivity index (χ2n) is 23.0. The molecule has 26 unspecified atom stereocenters. The van der Waals surface area contributed by atoms with Gasteiger partial charge < -0.3 is 0 Å². The van der Waals surface area contributed by atoms with Crippen molar-refractivity contribution in [3.63, 3.8) is 0 Å². The molecule has 0 heteroatoms. The van der Waals surface area contributed by atoms with E-state index in [0.717, 1.165) is 61.6 Å². The Hall–Kier alpha value is -0.260. The van der Waals surface area contributed by atoms with Gasteiger partial charge >= 0.3 is 0 Å². The van der Waals surface area contributed by atoms with Crippen LogP contribution in [0, 0.1) is 146 Å². The van der Waals surface area contributed by atoms with E-state index in [1.807, 2.05) is 0 Å². The number of fused-ring (bicyclic) bond motifs is 13. The fraction of sp³-hybridized carbons (Fsp3) is 0.950. The Kier molecular flexibility index (Phi) is 1.45. The van der Waals surface area contributed by atoms with Crippen molar-refractivity contribution in [1.29, 1.82) is 0 Å². The van der Waals surface area contributed by atoms with Crippen molar-refractivity contribution >= 4 is 0 Å². The van der Waals surface area contributed by atoms with E-state index >= 15 is 0 Å². The highest BCUT2D eigenvalue weighted by atomic mass is 15.4. The second-order valence-corrected chi connectivity index (χ2v) is 23.0. The van der Waals surface area contributed by atoms with Crippen LogP contribution in [-0.4, -0.2) is 0 Å². The van der Waals surface area contributed by atoms with Crippen LogP contribution in [0.4, 0.5) is 0 Å². The van der Waals surface area contributed by atoms with Gasteiger partial charge in [-0.25, -0.2) is 0 Å². The molecule has 0 nitrogen and oxygen atoms in total. The maximum atomic E-state index is 3.06. The molecule has 26 atom stereocenters. The summed E-state index contributed by atoms with van der Waals surface area (Å²) in [5.41, 5.74) is 13.6. The zero-order chi connectivity index (χ0) is 26.2. The van der Waals surface area contributed by atoms with Gasteiger partial charge in [0, 0.05) is 10.8 Å². The smallest absolute Gasteiger partial charge is 0.00817 e. The molecule has 18 rings (SSSR count). The minimum absolute atomic E-state index is 0.595. The molecule has 0 N–H and O–H groups in total. The van der Waals surface area contributed by atoms with E-state index in [9.17, 15) is 0 Å². The largest absolute Gasteiger partial charge is 0.0806 e. The lowest BCUT2D eigenvalue weighted by Gasteiger charge is -3.41. The fourth-order valence-corrected chi connectivity index (χ4v) is 32.4. The zero-order valence-electron chi connectivity index (χ0n) is 26.0. The summed E-state index contributed by atoms with van der Waals surface area (Å²) in [6.45, 7) is 26.6. The van der Waals surface area contributed by atoms with Crippen LogP contribution in [-0.2, 0) is 0 Å². The lowest BCUT2D eigenvalue weighted by atomic mass is 8.61. The number of hydrogen-bond donors (Lipinski definition) is 0. The van der Waals surface area contributed by atoms with Crippen molar-refractivity contribution in [3.8, 4) is 0 Å². The highest BCUT2D eigenvalue weighted by Crippen LogP contribution is 3.44. The molecular formula is C40H44. The Bertz CT molecular complexity index is 1930. The van der Waals surface area contributed by atoms with Crippen molar-refractivity contribution in [1.82, 2.24) is 0 Å². The highest BCUT2D eigenvalue weighted by Gasteiger charge is 3.42. The summed E-state index contributed by atoms with van der Waals surface area (Å²) in [7, 11) is 0. The van der Waals surface area contributed by atoms with Crippen LogP contribution in [0.3, 0.4) is 0 Å². The van der Waals surface area contributed by atoms with Crippen LogP contribution in [0.5, 0.6) is 0 Å². The molecule has 18 aliphatic carbocycles. The van der Waals surface area contributed by atoms with E-state index in [1.54, 1.807) is 12.8 Å². The first-order chi connectivity index (χ1) is 18.8. The van der Waals surface area contributed by atoms with E-state index in [-0.39, 0.29) is 0 Å². The molecule has 0 aromatic heterocycles. The summed E-state index contributed by atoms with van der Waals surface area (Å²) in [5, 5.41) is 0. The molecule has 8 spiro atoms. The lowest BCUT2D eigenvalue weighted by Crippen LogP contribution is -3.39. The lowest BCUT2D eigenvalue weighted by molar-refractivity contribution is -0.961. The van der Waals surface area contributed by atoms with Gasteiger partial charge in [0.25, 0.3) is 0 Å². The Morgan fingerprint density at radius 1 is 0.600 bits per heavy atom. The molecule has 17 fully saturated rings. The Morgan fingerprint density at radius 3 is 1.88 bits per heavy atom. The first-order valence-corrected chi connectivity index (χ1v) is 18.5. The third-order valence-electron chi connectivity index (χ3n) is 29.2. The summed E-state index contributed by atoms with van der Waals surface area (Å²) < 4.78 is 0. The molecule has 0 saturated heterocycles. The predicted octanol–water partition coefficient (Wildman–Crippen LogP) is 7.45. The minimum Gasteiger partial charge on any atom is -0.0806 e. The van der Waals surface area contributed by atoms with Crippen molar-refractivity contribution in [2.75, 3.05) is 0 Å². The molecule has 0 aromatic rings. The Morgan fingerprint density at radius 2 is 1.18 bits per heavy atom. The van der Waals surface area contributed by atoms with Gasteiger partial charge in [-0.15, -0.1) is 0 Å². The van der Waals surface area contributed by atoms with Gasteiger partial charge in [0.05, 0.1) is 0 Å². The molecule has 0 radical (unpaired) electrons.